The van der Waals surface area contributed by atoms with E-state index < -0.39 is 0 Å². The summed E-state index contributed by atoms with van der Waals surface area (Å²) in [6, 6.07) is 5.84. The maximum Gasteiger partial charge on any atom is 0.138 e. The maximum atomic E-state index is 11.1. The number of furan rings is 1. The molecule has 0 fully saturated rings. The van der Waals surface area contributed by atoms with E-state index in [4.69, 9.17) is 9.15 Å². The summed E-state index contributed by atoms with van der Waals surface area (Å²) in [5, 5.41) is 1.96. The number of carbonyl (C=O) groups is 1. The number of ketones is 1. The van der Waals surface area contributed by atoms with Crippen LogP contribution in [0.3, 0.4) is 0 Å². The first-order valence-electron chi connectivity index (χ1n) is 6.82. The molecule has 0 atom stereocenters. The van der Waals surface area contributed by atoms with Gasteiger partial charge in [-0.2, -0.15) is 0 Å². The molecule has 108 valence electrons. The van der Waals surface area contributed by atoms with Crippen LogP contribution in [0.2, 0.25) is 0 Å². The number of carbonyl (C=O) groups excluding carboxylic acids is 1. The highest BCUT2D eigenvalue weighted by atomic mass is 79.9. The van der Waals surface area contributed by atoms with E-state index in [2.05, 4.69) is 15.9 Å². The van der Waals surface area contributed by atoms with Crippen molar-refractivity contribution < 1.29 is 13.9 Å². The van der Waals surface area contributed by atoms with Gasteiger partial charge in [-0.3, -0.25) is 0 Å². The molecule has 0 aliphatic heterocycles. The minimum Gasteiger partial charge on any atom is -0.493 e. The molecule has 0 aliphatic rings. The Balaban J connectivity index is 2.28. The van der Waals surface area contributed by atoms with Crippen molar-refractivity contribution in [2.45, 2.75) is 33.1 Å². The van der Waals surface area contributed by atoms with Gasteiger partial charge < -0.3 is 13.9 Å². The van der Waals surface area contributed by atoms with Gasteiger partial charge in [0.1, 0.15) is 22.9 Å². The van der Waals surface area contributed by atoms with Gasteiger partial charge in [0, 0.05) is 23.7 Å². The topological polar surface area (TPSA) is 39.4 Å². The molecule has 0 saturated carbocycles. The van der Waals surface area contributed by atoms with Gasteiger partial charge in [0.25, 0.3) is 0 Å². The third-order valence-corrected chi connectivity index (χ3v) is 3.81. The second kappa shape index (κ2) is 6.93. The Morgan fingerprint density at radius 1 is 1.40 bits per heavy atom. The van der Waals surface area contributed by atoms with Crippen LogP contribution < -0.4 is 4.74 Å². The van der Waals surface area contributed by atoms with E-state index in [9.17, 15) is 4.79 Å². The molecule has 1 heterocycles. The fourth-order valence-corrected chi connectivity index (χ4v) is 2.43. The van der Waals surface area contributed by atoms with Gasteiger partial charge in [0.15, 0.2) is 0 Å². The lowest BCUT2D eigenvalue weighted by Gasteiger charge is -2.06. The molecular weight excluding hydrogens is 320 g/mol. The van der Waals surface area contributed by atoms with Crippen LogP contribution in [0.25, 0.3) is 11.0 Å². The molecule has 0 unspecified atom stereocenters. The van der Waals surface area contributed by atoms with Crippen LogP contribution in [0.5, 0.6) is 5.75 Å². The Morgan fingerprint density at radius 3 is 2.90 bits per heavy atom. The van der Waals surface area contributed by atoms with E-state index in [0.29, 0.717) is 19.4 Å². The molecule has 0 bridgehead atoms. The summed E-state index contributed by atoms with van der Waals surface area (Å²) in [6.45, 7) is 4.31. The van der Waals surface area contributed by atoms with Crippen LogP contribution in [0.15, 0.2) is 22.6 Å². The lowest BCUT2D eigenvalue weighted by atomic mass is 10.1. The number of hydrogen-bond acceptors (Lipinski definition) is 3. The van der Waals surface area contributed by atoms with E-state index >= 15 is 0 Å². The Hall–Kier alpha value is -1.29. The summed E-state index contributed by atoms with van der Waals surface area (Å²) < 4.78 is 11.7. The molecule has 0 saturated heterocycles. The third-order valence-electron chi connectivity index (χ3n) is 3.25. The standard InChI is InChI=1S/C16H19BrO3/c1-11(18)7-8-13-12(2)16-14(19-10-4-9-17)5-3-6-15(16)20-13/h3,5-6H,4,7-10H2,1-2H3. The molecule has 2 aromatic rings. The Morgan fingerprint density at radius 2 is 2.20 bits per heavy atom. The van der Waals surface area contributed by atoms with Crippen LogP contribution in [0.4, 0.5) is 0 Å². The van der Waals surface area contributed by atoms with Gasteiger partial charge in [-0.1, -0.05) is 22.0 Å². The summed E-state index contributed by atoms with van der Waals surface area (Å²) in [6.07, 6.45) is 2.13. The first kappa shape index (κ1) is 15.1. The fraction of sp³-hybridized carbons (Fsp3) is 0.438. The van der Waals surface area contributed by atoms with E-state index in [1.165, 1.54) is 0 Å². The summed E-state index contributed by atoms with van der Waals surface area (Å²) in [5.74, 6) is 1.92. The molecule has 0 radical (unpaired) electrons. The van der Waals surface area contributed by atoms with Gasteiger partial charge >= 0.3 is 0 Å². The van der Waals surface area contributed by atoms with Crippen molar-refractivity contribution in [1.82, 2.24) is 0 Å². The fourth-order valence-electron chi connectivity index (χ4n) is 2.20. The van der Waals surface area contributed by atoms with Crippen LogP contribution >= 0.6 is 15.9 Å². The first-order chi connectivity index (χ1) is 9.63. The van der Waals surface area contributed by atoms with Crippen molar-refractivity contribution in [3.05, 3.63) is 29.5 Å². The predicted molar refractivity (Wildman–Crippen MR) is 83.9 cm³/mol. The number of ether oxygens (including phenoxy) is 1. The number of rotatable bonds is 7. The van der Waals surface area contributed by atoms with Crippen molar-refractivity contribution in [2.75, 3.05) is 11.9 Å². The summed E-state index contributed by atoms with van der Waals surface area (Å²) >= 11 is 3.39. The molecule has 1 aromatic heterocycles. The van der Waals surface area contributed by atoms with E-state index in [-0.39, 0.29) is 5.78 Å². The number of aryl methyl sites for hydroxylation is 2. The molecule has 2 rings (SSSR count). The molecule has 0 amide bonds. The van der Waals surface area contributed by atoms with Crippen molar-refractivity contribution >= 4 is 32.7 Å². The lowest BCUT2D eigenvalue weighted by molar-refractivity contribution is -0.117. The molecule has 4 heteroatoms. The molecule has 3 nitrogen and oxygen atoms in total. The average Bonchev–Trinajstić information content (AvgIpc) is 2.74. The zero-order chi connectivity index (χ0) is 14.5. The molecular formula is C16H19BrO3. The van der Waals surface area contributed by atoms with Crippen molar-refractivity contribution in [1.29, 1.82) is 0 Å². The molecule has 1 aromatic carbocycles. The zero-order valence-electron chi connectivity index (χ0n) is 11.9. The average molecular weight is 339 g/mol. The number of hydrogen-bond donors (Lipinski definition) is 0. The largest absolute Gasteiger partial charge is 0.493 e. The predicted octanol–water partition coefficient (Wildman–Crippen LogP) is 4.43. The lowest BCUT2D eigenvalue weighted by Crippen LogP contribution is -1.98. The van der Waals surface area contributed by atoms with E-state index in [0.717, 1.165) is 39.8 Å². The zero-order valence-corrected chi connectivity index (χ0v) is 13.5. The van der Waals surface area contributed by atoms with Gasteiger partial charge in [-0.15, -0.1) is 0 Å². The highest BCUT2D eigenvalue weighted by Gasteiger charge is 2.14. The van der Waals surface area contributed by atoms with Gasteiger partial charge in [0.05, 0.1) is 12.0 Å². The molecule has 0 spiro atoms. The van der Waals surface area contributed by atoms with Crippen molar-refractivity contribution in [3.63, 3.8) is 0 Å². The summed E-state index contributed by atoms with van der Waals surface area (Å²) in [5.41, 5.74) is 1.91. The van der Waals surface area contributed by atoms with Crippen LogP contribution in [-0.2, 0) is 11.2 Å². The molecule has 0 N–H and O–H groups in total. The number of fused-ring (bicyclic) bond motifs is 1. The van der Waals surface area contributed by atoms with Crippen LogP contribution in [-0.4, -0.2) is 17.7 Å². The van der Waals surface area contributed by atoms with Gasteiger partial charge in [0.2, 0.25) is 0 Å². The number of alkyl halides is 1. The first-order valence-corrected chi connectivity index (χ1v) is 7.95. The van der Waals surface area contributed by atoms with Gasteiger partial charge in [-0.05, 0) is 32.4 Å². The number of halogens is 1. The Kier molecular flexibility index (Phi) is 5.24. The SMILES string of the molecule is CC(=O)CCc1oc2cccc(OCCCBr)c2c1C. The van der Waals surface area contributed by atoms with Crippen molar-refractivity contribution in [3.8, 4) is 5.75 Å². The van der Waals surface area contributed by atoms with E-state index in [1.54, 1.807) is 6.92 Å². The minimum atomic E-state index is 0.179. The van der Waals surface area contributed by atoms with Crippen LogP contribution in [0, 0.1) is 6.92 Å². The highest BCUT2D eigenvalue weighted by molar-refractivity contribution is 9.09. The summed E-state index contributed by atoms with van der Waals surface area (Å²) in [4.78, 5) is 11.1. The second-order valence-electron chi connectivity index (χ2n) is 4.87. The quantitative estimate of drug-likeness (QED) is 0.553. The second-order valence-corrected chi connectivity index (χ2v) is 5.67. The maximum absolute atomic E-state index is 11.1. The Bertz CT molecular complexity index is 601. The normalized spacial score (nSPS) is 10.9. The Labute approximate surface area is 127 Å². The molecule has 20 heavy (non-hydrogen) atoms. The monoisotopic (exact) mass is 338 g/mol. The number of benzene rings is 1. The highest BCUT2D eigenvalue weighted by Crippen LogP contribution is 2.33. The van der Waals surface area contributed by atoms with E-state index in [1.807, 2.05) is 25.1 Å². The summed E-state index contributed by atoms with van der Waals surface area (Å²) in [7, 11) is 0. The van der Waals surface area contributed by atoms with Crippen molar-refractivity contribution in [2.24, 2.45) is 0 Å². The molecule has 0 aliphatic carbocycles. The third kappa shape index (κ3) is 3.42. The minimum absolute atomic E-state index is 0.179. The smallest absolute Gasteiger partial charge is 0.138 e. The van der Waals surface area contributed by atoms with Crippen LogP contribution in [0.1, 0.15) is 31.1 Å². The number of Topliss-reactive ketones (excluding diaryl/α,β-unsaturated/α-hetero) is 1. The van der Waals surface area contributed by atoms with Gasteiger partial charge in [-0.25, -0.2) is 0 Å².